The highest BCUT2D eigenvalue weighted by Crippen LogP contribution is 2.16. The van der Waals surface area contributed by atoms with Gasteiger partial charge in [0.2, 0.25) is 0 Å². The van der Waals surface area contributed by atoms with E-state index in [0.717, 1.165) is 0 Å². The predicted molar refractivity (Wildman–Crippen MR) is 69.1 cm³/mol. The number of hydrogen-bond donors (Lipinski definition) is 2. The molecule has 0 spiro atoms. The van der Waals surface area contributed by atoms with Crippen LogP contribution in [0, 0.1) is 5.92 Å². The van der Waals surface area contributed by atoms with Crippen LogP contribution in [0.15, 0.2) is 0 Å². The van der Waals surface area contributed by atoms with Crippen molar-refractivity contribution >= 4 is 11.9 Å². The van der Waals surface area contributed by atoms with Gasteiger partial charge in [-0.25, -0.2) is 0 Å². The molecule has 0 rings (SSSR count). The minimum atomic E-state index is -0.842. The third kappa shape index (κ3) is 10.1. The smallest absolute Gasteiger partial charge is 0.306 e. The minimum Gasteiger partial charge on any atom is -0.481 e. The van der Waals surface area contributed by atoms with E-state index in [1.165, 1.54) is 0 Å². The maximum Gasteiger partial charge on any atom is 0.306 e. The molecule has 0 saturated heterocycles. The lowest BCUT2D eigenvalue weighted by atomic mass is 9.96. The van der Waals surface area contributed by atoms with Crippen molar-refractivity contribution in [2.75, 3.05) is 0 Å². The van der Waals surface area contributed by atoms with Gasteiger partial charge in [-0.3, -0.25) is 9.59 Å². The largest absolute Gasteiger partial charge is 0.481 e. The van der Waals surface area contributed by atoms with E-state index in [1.807, 2.05) is 27.7 Å². The molecule has 5 nitrogen and oxygen atoms in total. The first-order chi connectivity index (χ1) is 8.10. The van der Waals surface area contributed by atoms with E-state index in [4.69, 9.17) is 15.6 Å². The number of hydrogen-bond acceptors (Lipinski definition) is 4. The predicted octanol–water partition coefficient (Wildman–Crippen LogP) is 1.94. The number of aliphatic carboxylic acids is 1. The van der Waals surface area contributed by atoms with Gasteiger partial charge in [-0.1, -0.05) is 6.92 Å². The molecule has 0 aromatic carbocycles. The first-order valence-electron chi connectivity index (χ1n) is 6.29. The summed E-state index contributed by atoms with van der Waals surface area (Å²) in [4.78, 5) is 22.0. The Morgan fingerprint density at radius 2 is 1.89 bits per heavy atom. The second-order valence-electron chi connectivity index (χ2n) is 5.82. The summed E-state index contributed by atoms with van der Waals surface area (Å²) in [6.45, 7) is 7.40. The molecule has 0 aliphatic heterocycles. The molecule has 18 heavy (non-hydrogen) atoms. The quantitative estimate of drug-likeness (QED) is 0.682. The van der Waals surface area contributed by atoms with Crippen LogP contribution in [0.2, 0.25) is 0 Å². The number of carbonyl (C=O) groups excluding carboxylic acids is 1. The molecule has 0 aliphatic rings. The fourth-order valence-electron chi connectivity index (χ4n) is 1.69. The highest BCUT2D eigenvalue weighted by atomic mass is 16.6. The van der Waals surface area contributed by atoms with E-state index in [1.54, 1.807) is 0 Å². The van der Waals surface area contributed by atoms with Crippen LogP contribution < -0.4 is 5.73 Å². The summed E-state index contributed by atoms with van der Waals surface area (Å²) in [7, 11) is 0. The maximum absolute atomic E-state index is 11.6. The van der Waals surface area contributed by atoms with E-state index in [0.29, 0.717) is 19.3 Å². The summed E-state index contributed by atoms with van der Waals surface area (Å²) >= 11 is 0. The molecule has 106 valence electrons. The number of ether oxygens (including phenoxy) is 1. The van der Waals surface area contributed by atoms with Crippen molar-refractivity contribution in [3.8, 4) is 0 Å². The van der Waals surface area contributed by atoms with Gasteiger partial charge in [-0.05, 0) is 39.5 Å². The Morgan fingerprint density at radius 3 is 2.33 bits per heavy atom. The summed E-state index contributed by atoms with van der Waals surface area (Å²) < 4.78 is 5.21. The number of nitrogens with two attached hydrogens (primary N) is 1. The molecular formula is C13H25NO4. The zero-order chi connectivity index (χ0) is 14.3. The van der Waals surface area contributed by atoms with Crippen LogP contribution in [0.3, 0.4) is 0 Å². The average Bonchev–Trinajstić information content (AvgIpc) is 2.10. The Balaban J connectivity index is 3.92. The van der Waals surface area contributed by atoms with Crippen LogP contribution in [0.5, 0.6) is 0 Å². The van der Waals surface area contributed by atoms with Gasteiger partial charge in [0.1, 0.15) is 5.60 Å². The van der Waals surface area contributed by atoms with Crippen LogP contribution in [-0.4, -0.2) is 28.7 Å². The van der Waals surface area contributed by atoms with Gasteiger partial charge in [0, 0.05) is 18.9 Å². The van der Waals surface area contributed by atoms with E-state index < -0.39 is 11.6 Å². The van der Waals surface area contributed by atoms with Crippen LogP contribution in [0.25, 0.3) is 0 Å². The van der Waals surface area contributed by atoms with E-state index in [-0.39, 0.29) is 24.3 Å². The second-order valence-corrected chi connectivity index (χ2v) is 5.82. The third-order valence-corrected chi connectivity index (χ3v) is 2.37. The summed E-state index contributed by atoms with van der Waals surface area (Å²) in [5, 5.41) is 8.54. The highest BCUT2D eigenvalue weighted by molar-refractivity contribution is 5.70. The van der Waals surface area contributed by atoms with Gasteiger partial charge in [0.05, 0.1) is 0 Å². The number of carboxylic acid groups (broad SMARTS) is 1. The van der Waals surface area contributed by atoms with Crippen LogP contribution in [-0.2, 0) is 14.3 Å². The summed E-state index contributed by atoms with van der Waals surface area (Å²) in [5.41, 5.74) is 5.34. The van der Waals surface area contributed by atoms with Crippen molar-refractivity contribution in [1.29, 1.82) is 0 Å². The number of rotatable bonds is 7. The molecule has 0 saturated carbocycles. The van der Waals surface area contributed by atoms with Crippen molar-refractivity contribution < 1.29 is 19.4 Å². The van der Waals surface area contributed by atoms with Crippen LogP contribution >= 0.6 is 0 Å². The van der Waals surface area contributed by atoms with Crippen molar-refractivity contribution in [1.82, 2.24) is 0 Å². The number of carboxylic acids is 1. The molecule has 0 aromatic rings. The zero-order valence-corrected chi connectivity index (χ0v) is 11.7. The Hall–Kier alpha value is -1.10. The van der Waals surface area contributed by atoms with Gasteiger partial charge < -0.3 is 15.6 Å². The first-order valence-corrected chi connectivity index (χ1v) is 6.29. The Morgan fingerprint density at radius 1 is 1.33 bits per heavy atom. The van der Waals surface area contributed by atoms with Gasteiger partial charge in [0.25, 0.3) is 0 Å². The SMILES string of the molecule is CC(CC(=O)OC(C)(C)C)C[C@H](N)CCC(=O)O. The standard InChI is InChI=1S/C13H25NO4/c1-9(7-10(14)5-6-11(15)16)8-12(17)18-13(2,3)4/h9-10H,5-8,14H2,1-4H3,(H,15,16)/t9?,10-/m1/s1. The van der Waals surface area contributed by atoms with Crippen molar-refractivity contribution in [3.05, 3.63) is 0 Å². The topological polar surface area (TPSA) is 89.6 Å². The fraction of sp³-hybridized carbons (Fsp3) is 0.846. The van der Waals surface area contributed by atoms with Gasteiger partial charge in [0.15, 0.2) is 0 Å². The number of esters is 1. The van der Waals surface area contributed by atoms with Crippen LogP contribution in [0.4, 0.5) is 0 Å². The second kappa shape index (κ2) is 7.36. The molecule has 0 heterocycles. The Kier molecular flexibility index (Phi) is 6.91. The van der Waals surface area contributed by atoms with E-state index in [2.05, 4.69) is 0 Å². The lowest BCUT2D eigenvalue weighted by molar-refractivity contribution is -0.156. The minimum absolute atomic E-state index is 0.0698. The molecule has 0 aromatic heterocycles. The Bertz CT molecular complexity index is 283. The zero-order valence-electron chi connectivity index (χ0n) is 11.7. The summed E-state index contributed by atoms with van der Waals surface area (Å²) in [5.74, 6) is -0.977. The van der Waals surface area contributed by atoms with Crippen molar-refractivity contribution in [2.24, 2.45) is 11.7 Å². The van der Waals surface area contributed by atoms with Crippen molar-refractivity contribution in [2.45, 2.75) is 65.0 Å². The Labute approximate surface area is 109 Å². The van der Waals surface area contributed by atoms with E-state index >= 15 is 0 Å². The molecule has 0 aliphatic carbocycles. The van der Waals surface area contributed by atoms with Gasteiger partial charge >= 0.3 is 11.9 Å². The lowest BCUT2D eigenvalue weighted by Gasteiger charge is -2.22. The molecule has 1 unspecified atom stereocenters. The lowest BCUT2D eigenvalue weighted by Crippen LogP contribution is -2.27. The fourth-order valence-corrected chi connectivity index (χ4v) is 1.69. The molecule has 0 amide bonds. The highest BCUT2D eigenvalue weighted by Gasteiger charge is 2.19. The molecule has 0 fully saturated rings. The monoisotopic (exact) mass is 259 g/mol. The normalized spacial score (nSPS) is 14.9. The molecule has 5 heteroatoms. The first kappa shape index (κ1) is 16.9. The molecule has 3 N–H and O–H groups in total. The summed E-state index contributed by atoms with van der Waals surface area (Å²) in [6, 6.07) is -0.182. The average molecular weight is 259 g/mol. The molecule has 0 radical (unpaired) electrons. The van der Waals surface area contributed by atoms with Crippen LogP contribution in [0.1, 0.15) is 53.4 Å². The molecule has 0 bridgehead atoms. The van der Waals surface area contributed by atoms with Gasteiger partial charge in [-0.2, -0.15) is 0 Å². The van der Waals surface area contributed by atoms with E-state index in [9.17, 15) is 9.59 Å². The summed E-state index contributed by atoms with van der Waals surface area (Å²) in [6.07, 6.45) is 1.46. The third-order valence-electron chi connectivity index (χ3n) is 2.37. The van der Waals surface area contributed by atoms with Gasteiger partial charge in [-0.15, -0.1) is 0 Å². The maximum atomic E-state index is 11.6. The number of carbonyl (C=O) groups is 2. The van der Waals surface area contributed by atoms with Crippen molar-refractivity contribution in [3.63, 3.8) is 0 Å². The molecular weight excluding hydrogens is 234 g/mol. The molecule has 2 atom stereocenters.